The minimum atomic E-state index is 0.764. The van der Waals surface area contributed by atoms with Gasteiger partial charge in [0.15, 0.2) is 3.77 Å². The molecule has 0 amide bonds. The Labute approximate surface area is 106 Å². The topological polar surface area (TPSA) is 38.1 Å². The zero-order valence-corrected chi connectivity index (χ0v) is 11.3. The van der Waals surface area contributed by atoms with E-state index < -0.39 is 0 Å². The molecule has 15 heavy (non-hydrogen) atoms. The van der Waals surface area contributed by atoms with Crippen LogP contribution in [0, 0.1) is 10.7 Å². The van der Waals surface area contributed by atoms with Gasteiger partial charge < -0.3 is 9.73 Å². The molecule has 1 N–H and O–H groups in total. The number of thiazole rings is 1. The highest BCUT2D eigenvalue weighted by molar-refractivity contribution is 14.1. The maximum absolute atomic E-state index is 5.45. The Hall–Kier alpha value is -0.400. The van der Waals surface area contributed by atoms with Crippen LogP contribution in [0.25, 0.3) is 0 Å². The normalized spacial score (nSPS) is 10.8. The summed E-state index contributed by atoms with van der Waals surface area (Å²) in [5, 5.41) is 3.33. The van der Waals surface area contributed by atoms with Crippen LogP contribution in [0.1, 0.15) is 16.3 Å². The molecule has 5 heteroatoms. The van der Waals surface area contributed by atoms with Crippen molar-refractivity contribution in [3.05, 3.63) is 37.7 Å². The van der Waals surface area contributed by atoms with Gasteiger partial charge in [0.1, 0.15) is 5.76 Å². The van der Waals surface area contributed by atoms with Gasteiger partial charge in [0.25, 0.3) is 0 Å². The van der Waals surface area contributed by atoms with E-state index in [1.165, 1.54) is 4.88 Å². The summed E-state index contributed by atoms with van der Waals surface area (Å²) >= 11 is 3.85. The molecule has 2 rings (SSSR count). The van der Waals surface area contributed by atoms with Gasteiger partial charge in [0.2, 0.25) is 0 Å². The van der Waals surface area contributed by atoms with E-state index in [0.29, 0.717) is 0 Å². The third-order valence-electron chi connectivity index (χ3n) is 2.06. The van der Waals surface area contributed by atoms with Gasteiger partial charge in [-0.3, -0.25) is 0 Å². The summed E-state index contributed by atoms with van der Waals surface area (Å²) in [6, 6.07) is 3.96. The zero-order valence-electron chi connectivity index (χ0n) is 8.29. The highest BCUT2D eigenvalue weighted by Crippen LogP contribution is 2.13. The molecule has 0 radical (unpaired) electrons. The highest BCUT2D eigenvalue weighted by atomic mass is 127. The standard InChI is InChI=1S/C10H11IN2OS/c1-7-9(15-6-13-7)5-12-4-8-2-3-10(11)14-8/h2-3,6,12H,4-5H2,1H3. The first-order valence-corrected chi connectivity index (χ1v) is 6.55. The van der Waals surface area contributed by atoms with Gasteiger partial charge in [0.05, 0.1) is 17.7 Å². The quantitative estimate of drug-likeness (QED) is 0.874. The van der Waals surface area contributed by atoms with Crippen LogP contribution in [-0.4, -0.2) is 4.98 Å². The SMILES string of the molecule is Cc1ncsc1CNCc1ccc(I)o1. The van der Waals surface area contributed by atoms with E-state index in [2.05, 4.69) is 32.9 Å². The molecular formula is C10H11IN2OS. The van der Waals surface area contributed by atoms with Crippen molar-refractivity contribution in [2.45, 2.75) is 20.0 Å². The van der Waals surface area contributed by atoms with Crippen LogP contribution in [0.5, 0.6) is 0 Å². The average molecular weight is 334 g/mol. The number of halogens is 1. The van der Waals surface area contributed by atoms with Gasteiger partial charge in [-0.05, 0) is 41.6 Å². The molecule has 2 aromatic heterocycles. The Bertz CT molecular complexity index is 438. The maximum atomic E-state index is 5.45. The molecule has 0 fully saturated rings. The molecule has 80 valence electrons. The fourth-order valence-electron chi connectivity index (χ4n) is 1.24. The summed E-state index contributed by atoms with van der Waals surface area (Å²) in [6.07, 6.45) is 0. The largest absolute Gasteiger partial charge is 0.454 e. The lowest BCUT2D eigenvalue weighted by molar-refractivity contribution is 0.463. The van der Waals surface area contributed by atoms with Gasteiger partial charge in [-0.2, -0.15) is 0 Å². The van der Waals surface area contributed by atoms with Crippen molar-refractivity contribution >= 4 is 33.9 Å². The number of hydrogen-bond acceptors (Lipinski definition) is 4. The van der Waals surface area contributed by atoms with Crippen molar-refractivity contribution < 1.29 is 4.42 Å². The zero-order chi connectivity index (χ0) is 10.7. The van der Waals surface area contributed by atoms with E-state index in [4.69, 9.17) is 4.42 Å². The Morgan fingerprint density at radius 1 is 1.47 bits per heavy atom. The number of aromatic nitrogens is 1. The first kappa shape index (κ1) is 11.1. The van der Waals surface area contributed by atoms with E-state index in [0.717, 1.165) is 28.3 Å². The van der Waals surface area contributed by atoms with Crippen LogP contribution in [0.4, 0.5) is 0 Å². The first-order valence-electron chi connectivity index (χ1n) is 4.59. The number of nitrogens with one attached hydrogen (secondary N) is 1. The van der Waals surface area contributed by atoms with E-state index in [1.54, 1.807) is 11.3 Å². The molecular weight excluding hydrogens is 323 g/mol. The van der Waals surface area contributed by atoms with Gasteiger partial charge in [-0.1, -0.05) is 0 Å². The van der Waals surface area contributed by atoms with Crippen molar-refractivity contribution in [2.24, 2.45) is 0 Å². The molecule has 3 nitrogen and oxygen atoms in total. The van der Waals surface area contributed by atoms with Crippen molar-refractivity contribution in [2.75, 3.05) is 0 Å². The summed E-state index contributed by atoms with van der Waals surface area (Å²) in [5.74, 6) is 0.974. The van der Waals surface area contributed by atoms with Gasteiger partial charge in [-0.15, -0.1) is 11.3 Å². The molecule has 0 spiro atoms. The number of furan rings is 1. The summed E-state index contributed by atoms with van der Waals surface area (Å²) in [7, 11) is 0. The Morgan fingerprint density at radius 2 is 2.33 bits per heavy atom. The second kappa shape index (κ2) is 5.09. The van der Waals surface area contributed by atoms with Crippen molar-refractivity contribution in [3.8, 4) is 0 Å². The van der Waals surface area contributed by atoms with Crippen LogP contribution in [0.2, 0.25) is 0 Å². The predicted octanol–water partition coefficient (Wildman–Crippen LogP) is 2.94. The molecule has 0 aliphatic carbocycles. The number of hydrogen-bond donors (Lipinski definition) is 1. The van der Waals surface area contributed by atoms with Gasteiger partial charge in [-0.25, -0.2) is 4.98 Å². The summed E-state index contributed by atoms with van der Waals surface area (Å²) in [6.45, 7) is 3.65. The summed E-state index contributed by atoms with van der Waals surface area (Å²) in [4.78, 5) is 5.49. The van der Waals surface area contributed by atoms with Crippen LogP contribution in [-0.2, 0) is 13.1 Å². The van der Waals surface area contributed by atoms with Crippen molar-refractivity contribution in [1.29, 1.82) is 0 Å². The van der Waals surface area contributed by atoms with Gasteiger partial charge in [0, 0.05) is 11.4 Å². The lowest BCUT2D eigenvalue weighted by Crippen LogP contribution is -2.11. The van der Waals surface area contributed by atoms with E-state index >= 15 is 0 Å². The summed E-state index contributed by atoms with van der Waals surface area (Å²) < 4.78 is 6.37. The molecule has 0 aromatic carbocycles. The third-order valence-corrected chi connectivity index (χ3v) is 3.57. The third kappa shape index (κ3) is 3.02. The maximum Gasteiger partial charge on any atom is 0.164 e. The molecule has 0 saturated heterocycles. The molecule has 0 saturated carbocycles. The molecule has 0 unspecified atom stereocenters. The smallest absolute Gasteiger partial charge is 0.164 e. The highest BCUT2D eigenvalue weighted by Gasteiger charge is 2.02. The lowest BCUT2D eigenvalue weighted by Gasteiger charge is -2.00. The molecule has 0 aliphatic rings. The molecule has 0 atom stereocenters. The number of rotatable bonds is 4. The Morgan fingerprint density at radius 3 is 2.93 bits per heavy atom. The first-order chi connectivity index (χ1) is 7.25. The van der Waals surface area contributed by atoms with Crippen LogP contribution in [0.3, 0.4) is 0 Å². The van der Waals surface area contributed by atoms with Crippen LogP contribution < -0.4 is 5.32 Å². The molecule has 0 bridgehead atoms. The monoisotopic (exact) mass is 334 g/mol. The second-order valence-corrected chi connectivity index (χ2v) is 5.17. The van der Waals surface area contributed by atoms with Crippen LogP contribution in [0.15, 0.2) is 22.1 Å². The van der Waals surface area contributed by atoms with Gasteiger partial charge >= 0.3 is 0 Å². The fourth-order valence-corrected chi connectivity index (χ4v) is 2.45. The lowest BCUT2D eigenvalue weighted by atomic mass is 10.4. The Kier molecular flexibility index (Phi) is 3.76. The van der Waals surface area contributed by atoms with E-state index in [1.807, 2.05) is 24.6 Å². The second-order valence-electron chi connectivity index (χ2n) is 3.17. The minimum absolute atomic E-state index is 0.764. The van der Waals surface area contributed by atoms with Crippen molar-refractivity contribution in [1.82, 2.24) is 10.3 Å². The van der Waals surface area contributed by atoms with Crippen LogP contribution >= 0.6 is 33.9 Å². The number of aryl methyl sites for hydroxylation is 1. The van der Waals surface area contributed by atoms with E-state index in [-0.39, 0.29) is 0 Å². The minimum Gasteiger partial charge on any atom is -0.454 e. The summed E-state index contributed by atoms with van der Waals surface area (Å²) in [5.41, 5.74) is 2.99. The average Bonchev–Trinajstić information content (AvgIpc) is 2.77. The Balaban J connectivity index is 1.83. The molecule has 2 aromatic rings. The van der Waals surface area contributed by atoms with E-state index in [9.17, 15) is 0 Å². The number of nitrogens with zero attached hydrogens (tertiary/aromatic N) is 1. The molecule has 0 aliphatic heterocycles. The fraction of sp³-hybridized carbons (Fsp3) is 0.300. The predicted molar refractivity (Wildman–Crippen MR) is 68.8 cm³/mol. The molecule has 2 heterocycles. The van der Waals surface area contributed by atoms with Crippen molar-refractivity contribution in [3.63, 3.8) is 0 Å².